The molecule has 6 nitrogen and oxygen atoms in total. The second-order valence-corrected chi connectivity index (χ2v) is 7.56. The van der Waals surface area contributed by atoms with Crippen molar-refractivity contribution in [3.8, 4) is 5.88 Å². The van der Waals surface area contributed by atoms with Crippen LogP contribution in [0.25, 0.3) is 0 Å². The average Bonchev–Trinajstić information content (AvgIpc) is 3.15. The van der Waals surface area contributed by atoms with Crippen LogP contribution in [0, 0.1) is 5.92 Å². The average molecular weight is 358 g/mol. The maximum absolute atomic E-state index is 12.9. The van der Waals surface area contributed by atoms with Crippen molar-refractivity contribution in [2.75, 3.05) is 31.6 Å². The number of hydrogen-bond donors (Lipinski definition) is 0. The zero-order valence-electron chi connectivity index (χ0n) is 14.4. The molecule has 0 bridgehead atoms. The molecular formula is C18H22N4O2S. The van der Waals surface area contributed by atoms with Gasteiger partial charge in [0.15, 0.2) is 0 Å². The molecule has 1 fully saturated rings. The van der Waals surface area contributed by atoms with Gasteiger partial charge in [-0.15, -0.1) is 11.3 Å². The van der Waals surface area contributed by atoms with Crippen molar-refractivity contribution in [1.29, 1.82) is 0 Å². The third-order valence-electron chi connectivity index (χ3n) is 5.12. The minimum atomic E-state index is 0.125. The first kappa shape index (κ1) is 16.3. The fraction of sp³-hybridized carbons (Fsp3) is 0.500. The van der Waals surface area contributed by atoms with Crippen molar-refractivity contribution in [2.45, 2.75) is 25.8 Å². The van der Waals surface area contributed by atoms with Crippen LogP contribution in [0.5, 0.6) is 5.88 Å². The predicted molar refractivity (Wildman–Crippen MR) is 97.0 cm³/mol. The molecule has 1 saturated heterocycles. The largest absolute Gasteiger partial charge is 0.481 e. The van der Waals surface area contributed by atoms with E-state index in [2.05, 4.69) is 26.3 Å². The van der Waals surface area contributed by atoms with Crippen molar-refractivity contribution in [1.82, 2.24) is 14.9 Å². The molecule has 2 aliphatic heterocycles. The maximum Gasteiger partial charge on any atom is 0.226 e. The number of ether oxygens (including phenoxy) is 1. The Labute approximate surface area is 151 Å². The fourth-order valence-corrected chi connectivity index (χ4v) is 4.55. The summed E-state index contributed by atoms with van der Waals surface area (Å²) < 4.78 is 5.17. The lowest BCUT2D eigenvalue weighted by Crippen LogP contribution is -2.44. The molecule has 25 heavy (non-hydrogen) atoms. The van der Waals surface area contributed by atoms with Crippen LogP contribution in [0.3, 0.4) is 0 Å². The van der Waals surface area contributed by atoms with Gasteiger partial charge >= 0.3 is 0 Å². The zero-order valence-corrected chi connectivity index (χ0v) is 15.2. The van der Waals surface area contributed by atoms with E-state index < -0.39 is 0 Å². The lowest BCUT2D eigenvalue weighted by atomic mass is 9.94. The Hall–Kier alpha value is -2.15. The van der Waals surface area contributed by atoms with Crippen LogP contribution in [0.2, 0.25) is 0 Å². The van der Waals surface area contributed by atoms with Gasteiger partial charge in [0, 0.05) is 43.0 Å². The van der Waals surface area contributed by atoms with Crippen LogP contribution in [-0.2, 0) is 17.8 Å². The fourth-order valence-electron chi connectivity index (χ4n) is 3.66. The molecular weight excluding hydrogens is 336 g/mol. The van der Waals surface area contributed by atoms with Crippen molar-refractivity contribution in [2.24, 2.45) is 5.92 Å². The van der Waals surface area contributed by atoms with Crippen molar-refractivity contribution >= 4 is 23.1 Å². The summed E-state index contributed by atoms with van der Waals surface area (Å²) in [5, 5.41) is 2.13. The van der Waals surface area contributed by atoms with Gasteiger partial charge in [-0.05, 0) is 36.3 Å². The molecule has 0 atom stereocenters. The van der Waals surface area contributed by atoms with Crippen LogP contribution < -0.4 is 9.64 Å². The van der Waals surface area contributed by atoms with E-state index >= 15 is 0 Å². The molecule has 4 rings (SSSR count). The summed E-state index contributed by atoms with van der Waals surface area (Å²) >= 11 is 1.81. The number of rotatable bonds is 3. The van der Waals surface area contributed by atoms with Gasteiger partial charge in [0.05, 0.1) is 7.11 Å². The Kier molecular flexibility index (Phi) is 4.57. The predicted octanol–water partition coefficient (Wildman–Crippen LogP) is 2.35. The molecule has 2 aromatic heterocycles. The van der Waals surface area contributed by atoms with E-state index in [4.69, 9.17) is 4.74 Å². The molecule has 0 N–H and O–H groups in total. The number of piperidine rings is 1. The monoisotopic (exact) mass is 358 g/mol. The van der Waals surface area contributed by atoms with Crippen LogP contribution in [-0.4, -0.2) is 47.5 Å². The summed E-state index contributed by atoms with van der Waals surface area (Å²) in [6.45, 7) is 3.32. The molecule has 7 heteroatoms. The summed E-state index contributed by atoms with van der Waals surface area (Å²) in [7, 11) is 1.61. The highest BCUT2D eigenvalue weighted by molar-refractivity contribution is 7.10. The van der Waals surface area contributed by atoms with Crippen LogP contribution in [0.4, 0.5) is 5.82 Å². The smallest absolute Gasteiger partial charge is 0.226 e. The third kappa shape index (κ3) is 3.33. The molecule has 0 aromatic carbocycles. The Bertz CT molecular complexity index is 755. The normalized spacial score (nSPS) is 18.1. The van der Waals surface area contributed by atoms with Crippen LogP contribution >= 0.6 is 11.3 Å². The van der Waals surface area contributed by atoms with Gasteiger partial charge in [0.25, 0.3) is 0 Å². The summed E-state index contributed by atoms with van der Waals surface area (Å²) in [5.41, 5.74) is 1.33. The summed E-state index contributed by atoms with van der Waals surface area (Å²) in [6.07, 6.45) is 4.27. The Morgan fingerprint density at radius 3 is 2.92 bits per heavy atom. The van der Waals surface area contributed by atoms with E-state index in [0.717, 1.165) is 51.3 Å². The summed E-state index contributed by atoms with van der Waals surface area (Å²) in [4.78, 5) is 27.0. The first-order valence-corrected chi connectivity index (χ1v) is 9.57. The second kappa shape index (κ2) is 7.00. The number of anilines is 1. The van der Waals surface area contributed by atoms with Gasteiger partial charge in [0.1, 0.15) is 12.1 Å². The standard InChI is InChI=1S/C18H22N4O2S/c1-24-17-10-16(19-12-20-17)21-6-2-13(3-7-21)18(23)22-8-4-15-14(11-22)5-9-25-15/h5,9-10,12-13H,2-4,6-8,11H2,1H3. The van der Waals surface area contributed by atoms with Crippen molar-refractivity contribution in [3.05, 3.63) is 34.3 Å². The van der Waals surface area contributed by atoms with Gasteiger partial charge in [-0.1, -0.05) is 0 Å². The molecule has 0 unspecified atom stereocenters. The highest BCUT2D eigenvalue weighted by Gasteiger charge is 2.31. The first-order chi connectivity index (χ1) is 12.2. The lowest BCUT2D eigenvalue weighted by Gasteiger charge is -2.36. The van der Waals surface area contributed by atoms with Gasteiger partial charge < -0.3 is 14.5 Å². The maximum atomic E-state index is 12.9. The number of carbonyl (C=O) groups is 1. The molecule has 132 valence electrons. The summed E-state index contributed by atoms with van der Waals surface area (Å²) in [5.74, 6) is 1.89. The molecule has 4 heterocycles. The molecule has 2 aliphatic rings. The molecule has 0 radical (unpaired) electrons. The van der Waals surface area contributed by atoms with E-state index in [9.17, 15) is 4.79 Å². The van der Waals surface area contributed by atoms with Gasteiger partial charge in [-0.25, -0.2) is 9.97 Å². The van der Waals surface area contributed by atoms with Gasteiger partial charge in [-0.2, -0.15) is 0 Å². The topological polar surface area (TPSA) is 58.6 Å². The minimum absolute atomic E-state index is 0.125. The van der Waals surface area contributed by atoms with Gasteiger partial charge in [0.2, 0.25) is 11.8 Å². The number of hydrogen-bond acceptors (Lipinski definition) is 6. The third-order valence-corrected chi connectivity index (χ3v) is 6.15. The van der Waals surface area contributed by atoms with E-state index in [0.29, 0.717) is 11.8 Å². The first-order valence-electron chi connectivity index (χ1n) is 8.69. The molecule has 1 amide bonds. The molecule has 0 saturated carbocycles. The van der Waals surface area contributed by atoms with E-state index in [1.54, 1.807) is 7.11 Å². The molecule has 0 spiro atoms. The quantitative estimate of drug-likeness (QED) is 0.843. The van der Waals surface area contributed by atoms with Crippen molar-refractivity contribution < 1.29 is 9.53 Å². The minimum Gasteiger partial charge on any atom is -0.481 e. The lowest BCUT2D eigenvalue weighted by molar-refractivity contribution is -0.137. The Morgan fingerprint density at radius 1 is 1.28 bits per heavy atom. The Morgan fingerprint density at radius 2 is 2.12 bits per heavy atom. The van der Waals surface area contributed by atoms with Crippen LogP contribution in [0.1, 0.15) is 23.3 Å². The van der Waals surface area contributed by atoms with Crippen LogP contribution in [0.15, 0.2) is 23.8 Å². The number of carbonyl (C=O) groups excluding carboxylic acids is 1. The van der Waals surface area contributed by atoms with Crippen molar-refractivity contribution in [3.63, 3.8) is 0 Å². The highest BCUT2D eigenvalue weighted by atomic mass is 32.1. The number of nitrogens with zero attached hydrogens (tertiary/aromatic N) is 4. The van der Waals surface area contributed by atoms with Gasteiger partial charge in [-0.3, -0.25) is 4.79 Å². The zero-order chi connectivity index (χ0) is 17.2. The number of thiophene rings is 1. The SMILES string of the molecule is COc1cc(N2CCC(C(=O)N3CCc4sccc4C3)CC2)ncn1. The molecule has 0 aliphatic carbocycles. The number of methoxy groups -OCH3 is 1. The van der Waals surface area contributed by atoms with E-state index in [1.807, 2.05) is 22.3 Å². The second-order valence-electron chi connectivity index (χ2n) is 6.56. The highest BCUT2D eigenvalue weighted by Crippen LogP contribution is 2.28. The molecule has 2 aromatic rings. The Balaban J connectivity index is 1.36. The summed E-state index contributed by atoms with van der Waals surface area (Å²) in [6, 6.07) is 4.01. The van der Waals surface area contributed by atoms with E-state index in [1.165, 1.54) is 16.8 Å². The number of fused-ring (bicyclic) bond motifs is 1. The number of aromatic nitrogens is 2. The van der Waals surface area contributed by atoms with E-state index in [-0.39, 0.29) is 5.92 Å². The number of amides is 1.